The maximum Gasteiger partial charge on any atom is 0.161 e. The minimum absolute atomic E-state index is 0.0246. The molecule has 2 N–H and O–H groups in total. The molecule has 0 aliphatic rings. The van der Waals surface area contributed by atoms with Gasteiger partial charge in [0.15, 0.2) is 17.1 Å². The van der Waals surface area contributed by atoms with E-state index in [1.165, 1.54) is 0 Å². The van der Waals surface area contributed by atoms with Gasteiger partial charge in [0.25, 0.3) is 0 Å². The van der Waals surface area contributed by atoms with Crippen LogP contribution in [0.1, 0.15) is 0 Å². The number of halogens is 1. The Morgan fingerprint density at radius 3 is 2.40 bits per heavy atom. The van der Waals surface area contributed by atoms with Gasteiger partial charge in [-0.15, -0.1) is 0 Å². The maximum atomic E-state index is 9.69. The second-order valence-electron chi connectivity index (χ2n) is 5.51. The second-order valence-corrected chi connectivity index (χ2v) is 5.92. The first-order valence-corrected chi connectivity index (χ1v) is 7.88. The Hall–Kier alpha value is -2.99. The van der Waals surface area contributed by atoms with Crippen LogP contribution >= 0.6 is 11.6 Å². The van der Waals surface area contributed by atoms with Crippen LogP contribution in [0, 0.1) is 0 Å². The monoisotopic (exact) mass is 355 g/mol. The van der Waals surface area contributed by atoms with Crippen molar-refractivity contribution in [3.05, 3.63) is 41.6 Å². The lowest BCUT2D eigenvalue weighted by Crippen LogP contribution is -1.94. The zero-order valence-corrected chi connectivity index (χ0v) is 14.3. The van der Waals surface area contributed by atoms with Gasteiger partial charge in [-0.1, -0.05) is 11.6 Å². The average Bonchev–Trinajstić information content (AvgIpc) is 3.10. The molecule has 6 nitrogen and oxygen atoms in total. The quantitative estimate of drug-likeness (QED) is 0.577. The number of fused-ring (bicyclic) bond motifs is 3. The summed E-state index contributed by atoms with van der Waals surface area (Å²) < 4.78 is 10.8. The first kappa shape index (κ1) is 15.5. The van der Waals surface area contributed by atoms with Gasteiger partial charge in [0.1, 0.15) is 5.75 Å². The maximum absolute atomic E-state index is 9.69. The van der Waals surface area contributed by atoms with Gasteiger partial charge >= 0.3 is 0 Å². The number of hydrogen-bond acceptors (Lipinski definition) is 5. The van der Waals surface area contributed by atoms with Gasteiger partial charge in [-0.05, 0) is 30.3 Å². The van der Waals surface area contributed by atoms with E-state index in [0.29, 0.717) is 22.8 Å². The third-order valence-corrected chi connectivity index (χ3v) is 4.44. The van der Waals surface area contributed by atoms with Gasteiger partial charge in [0.2, 0.25) is 0 Å². The number of nitrogens with one attached hydrogen (secondary N) is 1. The molecule has 25 heavy (non-hydrogen) atoms. The number of pyridine rings is 1. The molecule has 0 saturated carbocycles. The lowest BCUT2D eigenvalue weighted by Gasteiger charge is -2.13. The van der Waals surface area contributed by atoms with E-state index in [0.717, 1.165) is 21.7 Å². The summed E-state index contributed by atoms with van der Waals surface area (Å²) in [6.45, 7) is 0. The number of phenolic OH excluding ortho intramolecular Hbond substituents is 1. The SMILES string of the molecule is COc1cc2c(-c3ccc(O)c(Cl)c3)nc3[nH]ncc3c2cc1OC. The largest absolute Gasteiger partial charge is 0.506 e. The van der Waals surface area contributed by atoms with Crippen molar-refractivity contribution in [1.29, 1.82) is 0 Å². The molecule has 2 heterocycles. The number of hydrogen-bond donors (Lipinski definition) is 2. The number of phenols is 1. The summed E-state index contributed by atoms with van der Waals surface area (Å²) in [6.07, 6.45) is 1.73. The Labute approximate surface area is 148 Å². The lowest BCUT2D eigenvalue weighted by atomic mass is 10.0. The Kier molecular flexibility index (Phi) is 3.62. The standard InChI is InChI=1S/C18H14ClN3O3/c1-24-15-6-10-11(7-16(15)25-2)17(21-18-12(10)8-20-22-18)9-3-4-14(23)13(19)5-9/h3-8,23H,1-2H3,(H,20,21,22). The van der Waals surface area contributed by atoms with Crippen molar-refractivity contribution in [2.45, 2.75) is 0 Å². The van der Waals surface area contributed by atoms with Crippen LogP contribution < -0.4 is 9.47 Å². The van der Waals surface area contributed by atoms with Crippen LogP contribution in [0.15, 0.2) is 36.5 Å². The van der Waals surface area contributed by atoms with Crippen molar-refractivity contribution in [3.63, 3.8) is 0 Å². The predicted molar refractivity (Wildman–Crippen MR) is 96.6 cm³/mol. The fourth-order valence-corrected chi connectivity index (χ4v) is 3.09. The molecule has 0 radical (unpaired) electrons. The highest BCUT2D eigenvalue weighted by atomic mass is 35.5. The highest BCUT2D eigenvalue weighted by Gasteiger charge is 2.16. The summed E-state index contributed by atoms with van der Waals surface area (Å²) in [5.74, 6) is 1.25. The van der Waals surface area contributed by atoms with Gasteiger partial charge in [0, 0.05) is 21.7 Å². The molecular formula is C18H14ClN3O3. The van der Waals surface area contributed by atoms with Crippen molar-refractivity contribution in [1.82, 2.24) is 15.2 Å². The number of benzene rings is 2. The molecule has 4 aromatic rings. The third kappa shape index (κ3) is 2.42. The highest BCUT2D eigenvalue weighted by molar-refractivity contribution is 6.32. The predicted octanol–water partition coefficient (Wildman–Crippen LogP) is 4.15. The molecule has 7 heteroatoms. The van der Waals surface area contributed by atoms with Gasteiger partial charge < -0.3 is 14.6 Å². The van der Waals surface area contributed by atoms with E-state index in [4.69, 9.17) is 21.1 Å². The molecule has 0 aliphatic heterocycles. The lowest BCUT2D eigenvalue weighted by molar-refractivity contribution is 0.356. The number of aromatic hydroxyl groups is 1. The number of H-pyrrole nitrogens is 1. The molecule has 0 unspecified atom stereocenters. The zero-order chi connectivity index (χ0) is 17.6. The van der Waals surface area contributed by atoms with Gasteiger partial charge in [-0.2, -0.15) is 5.10 Å². The number of rotatable bonds is 3. The van der Waals surface area contributed by atoms with Crippen molar-refractivity contribution < 1.29 is 14.6 Å². The average molecular weight is 356 g/mol. The summed E-state index contributed by atoms with van der Waals surface area (Å²) in [5, 5.41) is 19.6. The van der Waals surface area contributed by atoms with Crippen molar-refractivity contribution in [3.8, 4) is 28.5 Å². The van der Waals surface area contributed by atoms with Crippen LogP contribution in [-0.2, 0) is 0 Å². The van der Waals surface area contributed by atoms with Crippen molar-refractivity contribution >= 4 is 33.4 Å². The molecule has 4 rings (SSSR count). The van der Waals surface area contributed by atoms with Crippen molar-refractivity contribution in [2.75, 3.05) is 14.2 Å². The van der Waals surface area contributed by atoms with E-state index in [1.807, 2.05) is 12.1 Å². The summed E-state index contributed by atoms with van der Waals surface area (Å²) >= 11 is 6.08. The number of aromatic nitrogens is 3. The normalized spacial score (nSPS) is 11.2. The van der Waals surface area contributed by atoms with Crippen LogP contribution in [0.2, 0.25) is 5.02 Å². The first-order valence-electron chi connectivity index (χ1n) is 7.50. The minimum Gasteiger partial charge on any atom is -0.506 e. The molecule has 0 spiro atoms. The van der Waals surface area contributed by atoms with E-state index >= 15 is 0 Å². The number of nitrogens with zero attached hydrogens (tertiary/aromatic N) is 2. The second kappa shape index (κ2) is 5.82. The first-order chi connectivity index (χ1) is 12.1. The fourth-order valence-electron chi connectivity index (χ4n) is 2.91. The van der Waals surface area contributed by atoms with Crippen LogP contribution in [-0.4, -0.2) is 34.5 Å². The minimum atomic E-state index is 0.0246. The molecule has 0 bridgehead atoms. The Bertz CT molecular complexity index is 1110. The number of aromatic amines is 1. The van der Waals surface area contributed by atoms with E-state index in [-0.39, 0.29) is 10.8 Å². The van der Waals surface area contributed by atoms with Gasteiger partial charge in [0.05, 0.1) is 31.1 Å². The van der Waals surface area contributed by atoms with E-state index in [1.54, 1.807) is 38.6 Å². The molecule has 0 fully saturated rings. The van der Waals surface area contributed by atoms with Crippen LogP contribution in [0.4, 0.5) is 0 Å². The van der Waals surface area contributed by atoms with E-state index in [9.17, 15) is 5.11 Å². The van der Waals surface area contributed by atoms with Gasteiger partial charge in [-0.3, -0.25) is 5.10 Å². The zero-order valence-electron chi connectivity index (χ0n) is 13.5. The number of methoxy groups -OCH3 is 2. The van der Waals surface area contributed by atoms with E-state index < -0.39 is 0 Å². The summed E-state index contributed by atoms with van der Waals surface area (Å²) in [5.41, 5.74) is 2.13. The highest BCUT2D eigenvalue weighted by Crippen LogP contribution is 2.40. The molecule has 2 aromatic carbocycles. The van der Waals surface area contributed by atoms with Crippen LogP contribution in [0.25, 0.3) is 33.1 Å². The summed E-state index contributed by atoms with van der Waals surface area (Å²) in [6, 6.07) is 8.77. The third-order valence-electron chi connectivity index (χ3n) is 4.13. The Balaban J connectivity index is 2.12. The fraction of sp³-hybridized carbons (Fsp3) is 0.111. The van der Waals surface area contributed by atoms with Crippen LogP contribution in [0.5, 0.6) is 17.2 Å². The smallest absolute Gasteiger partial charge is 0.161 e. The molecule has 2 aromatic heterocycles. The van der Waals surface area contributed by atoms with Gasteiger partial charge in [-0.25, -0.2) is 4.98 Å². The molecule has 126 valence electrons. The summed E-state index contributed by atoms with van der Waals surface area (Å²) in [7, 11) is 3.18. The molecule has 0 aliphatic carbocycles. The van der Waals surface area contributed by atoms with Crippen LogP contribution in [0.3, 0.4) is 0 Å². The molecular weight excluding hydrogens is 342 g/mol. The molecule has 0 amide bonds. The molecule has 0 atom stereocenters. The Morgan fingerprint density at radius 1 is 1.00 bits per heavy atom. The van der Waals surface area contributed by atoms with E-state index in [2.05, 4.69) is 15.2 Å². The molecule has 0 saturated heterocycles. The van der Waals surface area contributed by atoms with Crippen molar-refractivity contribution in [2.24, 2.45) is 0 Å². The Morgan fingerprint density at radius 2 is 1.72 bits per heavy atom. The topological polar surface area (TPSA) is 80.3 Å². The summed E-state index contributed by atoms with van der Waals surface area (Å²) in [4.78, 5) is 4.68. The number of ether oxygens (including phenoxy) is 2.